The number of aromatic nitrogens is 3. The van der Waals surface area contributed by atoms with Crippen molar-refractivity contribution in [3.8, 4) is 11.3 Å². The van der Waals surface area contributed by atoms with Gasteiger partial charge in [-0.25, -0.2) is 14.2 Å². The zero-order chi connectivity index (χ0) is 16.7. The highest BCUT2D eigenvalue weighted by Gasteiger charge is 2.23. The molecule has 2 heterocycles. The number of nitrogens with zero attached hydrogens (tertiary/aromatic N) is 3. The number of hydrogen-bond donors (Lipinski definition) is 1. The Morgan fingerprint density at radius 1 is 1.43 bits per heavy atom. The van der Waals surface area contributed by atoms with E-state index in [4.69, 9.17) is 17.3 Å². The molecule has 0 unspecified atom stereocenters. The average Bonchev–Trinajstić information content (AvgIpc) is 2.93. The Labute approximate surface area is 135 Å². The van der Waals surface area contributed by atoms with Gasteiger partial charge in [-0.3, -0.25) is 4.68 Å². The van der Waals surface area contributed by atoms with Crippen LogP contribution in [-0.2, 0) is 11.8 Å². The van der Waals surface area contributed by atoms with Crippen molar-refractivity contribution in [3.05, 3.63) is 40.9 Å². The standard InChI is InChI=1S/C15H12ClFN4O2/c1-21-9-4-3-7(5-8(9)6-19-21)13-11(17)12(18)10(16)14(20-13)15(22)23-2/h3-6H,1-2H3,(H2,18,20). The van der Waals surface area contributed by atoms with Gasteiger partial charge in [0.15, 0.2) is 11.5 Å². The molecule has 1 aromatic carbocycles. The zero-order valence-electron chi connectivity index (χ0n) is 12.3. The van der Waals surface area contributed by atoms with Crippen molar-refractivity contribution in [1.29, 1.82) is 0 Å². The summed E-state index contributed by atoms with van der Waals surface area (Å²) in [6.45, 7) is 0. The topological polar surface area (TPSA) is 83.0 Å². The van der Waals surface area contributed by atoms with Crippen LogP contribution >= 0.6 is 11.6 Å². The van der Waals surface area contributed by atoms with Gasteiger partial charge in [0.2, 0.25) is 0 Å². The normalized spacial score (nSPS) is 11.0. The molecule has 2 N–H and O–H groups in total. The Balaban J connectivity index is 2.24. The zero-order valence-corrected chi connectivity index (χ0v) is 13.1. The summed E-state index contributed by atoms with van der Waals surface area (Å²) < 4.78 is 20.7. The number of fused-ring (bicyclic) bond motifs is 1. The van der Waals surface area contributed by atoms with Gasteiger partial charge in [0.25, 0.3) is 0 Å². The molecule has 0 bridgehead atoms. The molecule has 0 amide bonds. The molecule has 0 aliphatic heterocycles. The van der Waals surface area contributed by atoms with Crippen LogP contribution in [0.2, 0.25) is 5.02 Å². The van der Waals surface area contributed by atoms with Gasteiger partial charge in [-0.1, -0.05) is 17.7 Å². The third-order valence-electron chi connectivity index (χ3n) is 3.51. The quantitative estimate of drug-likeness (QED) is 0.729. The lowest BCUT2D eigenvalue weighted by Crippen LogP contribution is -2.10. The maximum atomic E-state index is 14.5. The summed E-state index contributed by atoms with van der Waals surface area (Å²) in [5, 5.41) is 4.67. The molecule has 0 aliphatic carbocycles. The van der Waals surface area contributed by atoms with Gasteiger partial charge in [-0.15, -0.1) is 0 Å². The number of ether oxygens (including phenoxy) is 1. The highest BCUT2D eigenvalue weighted by molar-refractivity contribution is 6.35. The highest BCUT2D eigenvalue weighted by Crippen LogP contribution is 2.33. The van der Waals surface area contributed by atoms with E-state index in [1.54, 1.807) is 36.1 Å². The van der Waals surface area contributed by atoms with Crippen molar-refractivity contribution < 1.29 is 13.9 Å². The fourth-order valence-electron chi connectivity index (χ4n) is 2.30. The van der Waals surface area contributed by atoms with E-state index >= 15 is 0 Å². The largest absolute Gasteiger partial charge is 0.464 e. The number of anilines is 1. The summed E-state index contributed by atoms with van der Waals surface area (Å²) in [5.74, 6) is -1.57. The molecule has 0 saturated carbocycles. The SMILES string of the molecule is COC(=O)c1nc(-c2ccc3c(cnn3C)c2)c(F)c(N)c1Cl. The van der Waals surface area contributed by atoms with Crippen LogP contribution in [-0.4, -0.2) is 27.8 Å². The van der Waals surface area contributed by atoms with Crippen molar-refractivity contribution in [3.63, 3.8) is 0 Å². The number of carbonyl (C=O) groups is 1. The average molecular weight is 335 g/mol. The monoisotopic (exact) mass is 334 g/mol. The van der Waals surface area contributed by atoms with Crippen LogP contribution < -0.4 is 5.73 Å². The van der Waals surface area contributed by atoms with Crippen molar-refractivity contribution in [2.75, 3.05) is 12.8 Å². The van der Waals surface area contributed by atoms with Crippen LogP contribution in [0.5, 0.6) is 0 Å². The van der Waals surface area contributed by atoms with Crippen LogP contribution in [0.15, 0.2) is 24.4 Å². The van der Waals surface area contributed by atoms with Crippen molar-refractivity contribution in [2.45, 2.75) is 0 Å². The molecule has 8 heteroatoms. The fourth-order valence-corrected chi connectivity index (χ4v) is 2.50. The van der Waals surface area contributed by atoms with Crippen LogP contribution in [0.1, 0.15) is 10.5 Å². The van der Waals surface area contributed by atoms with Crippen LogP contribution in [0.25, 0.3) is 22.2 Å². The van der Waals surface area contributed by atoms with Crippen molar-refractivity contribution >= 4 is 34.2 Å². The number of aryl methyl sites for hydroxylation is 1. The summed E-state index contributed by atoms with van der Waals surface area (Å²) >= 11 is 5.89. The number of nitrogen functional groups attached to an aromatic ring is 1. The Bertz CT molecular complexity index is 939. The number of hydrogen-bond acceptors (Lipinski definition) is 5. The van der Waals surface area contributed by atoms with Gasteiger partial charge in [0, 0.05) is 18.0 Å². The van der Waals surface area contributed by atoms with E-state index in [9.17, 15) is 9.18 Å². The minimum Gasteiger partial charge on any atom is -0.464 e. The van der Waals surface area contributed by atoms with Gasteiger partial charge in [-0.05, 0) is 12.1 Å². The summed E-state index contributed by atoms with van der Waals surface area (Å²) in [6.07, 6.45) is 1.65. The van der Waals surface area contributed by atoms with Crippen LogP contribution in [0, 0.1) is 5.82 Å². The molecule has 3 rings (SSSR count). The second-order valence-corrected chi connectivity index (χ2v) is 5.26. The van der Waals surface area contributed by atoms with E-state index in [0.29, 0.717) is 5.56 Å². The third-order valence-corrected chi connectivity index (χ3v) is 3.89. The van der Waals surface area contributed by atoms with Gasteiger partial charge in [-0.2, -0.15) is 5.10 Å². The summed E-state index contributed by atoms with van der Waals surface area (Å²) in [7, 11) is 2.98. The number of carbonyl (C=O) groups excluding carboxylic acids is 1. The molecule has 3 aromatic rings. The van der Waals surface area contributed by atoms with Crippen molar-refractivity contribution in [2.24, 2.45) is 7.05 Å². The molecule has 0 aliphatic rings. The molecule has 0 atom stereocenters. The van der Waals surface area contributed by atoms with Gasteiger partial charge in [0.1, 0.15) is 5.69 Å². The number of halogens is 2. The first-order valence-electron chi connectivity index (χ1n) is 6.59. The maximum Gasteiger partial charge on any atom is 0.358 e. The molecule has 0 radical (unpaired) electrons. The summed E-state index contributed by atoms with van der Waals surface area (Å²) in [5.41, 5.74) is 6.35. The van der Waals surface area contributed by atoms with E-state index in [2.05, 4.69) is 14.8 Å². The molecular formula is C15H12ClFN4O2. The minimum absolute atomic E-state index is 0.0712. The molecule has 0 fully saturated rings. The summed E-state index contributed by atoms with van der Waals surface area (Å²) in [6, 6.07) is 5.16. The molecular weight excluding hydrogens is 323 g/mol. The highest BCUT2D eigenvalue weighted by atomic mass is 35.5. The fraction of sp³-hybridized carbons (Fsp3) is 0.133. The van der Waals surface area contributed by atoms with E-state index in [1.807, 2.05) is 0 Å². The van der Waals surface area contributed by atoms with Gasteiger partial charge in [0.05, 0.1) is 29.5 Å². The van der Waals surface area contributed by atoms with E-state index < -0.39 is 11.8 Å². The lowest BCUT2D eigenvalue weighted by atomic mass is 10.1. The number of methoxy groups -OCH3 is 1. The molecule has 2 aromatic heterocycles. The number of benzene rings is 1. The smallest absolute Gasteiger partial charge is 0.358 e. The van der Waals surface area contributed by atoms with E-state index in [0.717, 1.165) is 10.9 Å². The minimum atomic E-state index is -0.787. The lowest BCUT2D eigenvalue weighted by Gasteiger charge is -2.10. The first-order valence-corrected chi connectivity index (χ1v) is 6.96. The Kier molecular flexibility index (Phi) is 3.65. The predicted molar refractivity (Wildman–Crippen MR) is 84.7 cm³/mol. The number of esters is 1. The van der Waals surface area contributed by atoms with Crippen LogP contribution in [0.4, 0.5) is 10.1 Å². The first-order chi connectivity index (χ1) is 10.9. The Morgan fingerprint density at radius 3 is 2.87 bits per heavy atom. The Hall–Kier alpha value is -2.67. The van der Waals surface area contributed by atoms with E-state index in [-0.39, 0.29) is 22.1 Å². The molecule has 118 valence electrons. The second kappa shape index (κ2) is 5.51. The molecule has 0 spiro atoms. The molecule has 6 nitrogen and oxygen atoms in total. The Morgan fingerprint density at radius 2 is 2.17 bits per heavy atom. The maximum absolute atomic E-state index is 14.5. The predicted octanol–water partition coefficient (Wildman–Crippen LogP) is 2.80. The van der Waals surface area contributed by atoms with Crippen LogP contribution in [0.3, 0.4) is 0 Å². The third kappa shape index (κ3) is 2.39. The second-order valence-electron chi connectivity index (χ2n) is 4.88. The van der Waals surface area contributed by atoms with Crippen molar-refractivity contribution in [1.82, 2.24) is 14.8 Å². The first kappa shape index (κ1) is 15.2. The number of nitrogens with two attached hydrogens (primary N) is 1. The number of pyridine rings is 1. The molecule has 0 saturated heterocycles. The van der Waals surface area contributed by atoms with E-state index in [1.165, 1.54) is 7.11 Å². The summed E-state index contributed by atoms with van der Waals surface area (Å²) in [4.78, 5) is 15.7. The molecule has 23 heavy (non-hydrogen) atoms. The van der Waals surface area contributed by atoms with Gasteiger partial charge >= 0.3 is 5.97 Å². The lowest BCUT2D eigenvalue weighted by molar-refractivity contribution is 0.0594. The number of rotatable bonds is 2. The van der Waals surface area contributed by atoms with Gasteiger partial charge < -0.3 is 10.5 Å².